The zero-order valence-corrected chi connectivity index (χ0v) is 14.5. The molecule has 0 aliphatic heterocycles. The molecule has 2 aromatic carbocycles. The molecule has 4 rings (SSSR count). The molecule has 5 heteroatoms. The minimum absolute atomic E-state index is 0.0863. The van der Waals surface area contributed by atoms with Crippen LogP contribution >= 0.6 is 0 Å². The third-order valence-corrected chi connectivity index (χ3v) is 4.54. The molecule has 0 unspecified atom stereocenters. The topological polar surface area (TPSA) is 55.5 Å². The first kappa shape index (κ1) is 16.1. The predicted octanol–water partition coefficient (Wildman–Crippen LogP) is 3.59. The van der Waals surface area contributed by atoms with Gasteiger partial charge in [0.2, 0.25) is 5.91 Å². The second kappa shape index (κ2) is 6.52. The van der Waals surface area contributed by atoms with Gasteiger partial charge in [0.1, 0.15) is 5.52 Å². The summed E-state index contributed by atoms with van der Waals surface area (Å²) in [5.74, 6) is -0.111. The van der Waals surface area contributed by atoms with Crippen LogP contribution in [0.25, 0.3) is 16.6 Å². The summed E-state index contributed by atoms with van der Waals surface area (Å²) < 4.78 is 3.57. The largest absolute Gasteiger partial charge is 0.326 e. The number of hydrogen-bond acceptors (Lipinski definition) is 2. The number of nitrogens with zero attached hydrogens (tertiary/aromatic N) is 2. The summed E-state index contributed by atoms with van der Waals surface area (Å²) in [6, 6.07) is 19.1. The Balaban J connectivity index is 1.62. The van der Waals surface area contributed by atoms with Crippen molar-refractivity contribution in [2.75, 3.05) is 5.32 Å². The van der Waals surface area contributed by atoms with Crippen LogP contribution in [-0.2, 0) is 11.3 Å². The number of aromatic nitrogens is 2. The molecule has 0 bridgehead atoms. The van der Waals surface area contributed by atoms with E-state index >= 15 is 0 Å². The SMILES string of the molecule is Cc1ccc(NC(=O)CCn2c(=O)c3cccn3c3ccccc32)cc1. The van der Waals surface area contributed by atoms with E-state index in [-0.39, 0.29) is 17.9 Å². The Hall–Kier alpha value is -3.34. The number of carbonyl (C=O) groups is 1. The predicted molar refractivity (Wildman–Crippen MR) is 104 cm³/mol. The van der Waals surface area contributed by atoms with Crippen LogP contribution in [0.2, 0.25) is 0 Å². The summed E-state index contributed by atoms with van der Waals surface area (Å²) in [5.41, 5.74) is 4.20. The molecule has 2 aromatic heterocycles. The Labute approximate surface area is 150 Å². The summed E-state index contributed by atoms with van der Waals surface area (Å²) in [7, 11) is 0. The van der Waals surface area contributed by atoms with Crippen LogP contribution < -0.4 is 10.9 Å². The molecule has 0 radical (unpaired) electrons. The molecule has 5 nitrogen and oxygen atoms in total. The van der Waals surface area contributed by atoms with Crippen molar-refractivity contribution < 1.29 is 4.79 Å². The number of fused-ring (bicyclic) bond motifs is 3. The second-order valence-electron chi connectivity index (χ2n) is 6.37. The maximum Gasteiger partial charge on any atom is 0.275 e. The lowest BCUT2D eigenvalue weighted by molar-refractivity contribution is -0.116. The number of para-hydroxylation sites is 2. The zero-order chi connectivity index (χ0) is 18.1. The highest BCUT2D eigenvalue weighted by Gasteiger charge is 2.11. The van der Waals surface area contributed by atoms with Crippen molar-refractivity contribution in [3.8, 4) is 0 Å². The molecule has 0 saturated heterocycles. The van der Waals surface area contributed by atoms with Crippen LogP contribution in [0.4, 0.5) is 5.69 Å². The van der Waals surface area contributed by atoms with Gasteiger partial charge in [0, 0.05) is 24.8 Å². The van der Waals surface area contributed by atoms with Gasteiger partial charge in [-0.1, -0.05) is 29.8 Å². The molecule has 1 amide bonds. The quantitative estimate of drug-likeness (QED) is 0.614. The molecule has 0 saturated carbocycles. The standard InChI is InChI=1S/C21H19N3O2/c1-15-8-10-16(11-9-15)22-20(25)12-14-24-18-6-3-2-5-17(18)23-13-4-7-19(23)21(24)26/h2-11,13H,12,14H2,1H3,(H,22,25). The molecule has 4 aromatic rings. The number of aryl methyl sites for hydroxylation is 2. The Morgan fingerprint density at radius 2 is 1.62 bits per heavy atom. The van der Waals surface area contributed by atoms with Gasteiger partial charge in [0.15, 0.2) is 0 Å². The van der Waals surface area contributed by atoms with Crippen LogP contribution in [0.1, 0.15) is 12.0 Å². The number of benzene rings is 2. The number of carbonyl (C=O) groups excluding carboxylic acids is 1. The number of rotatable bonds is 4. The van der Waals surface area contributed by atoms with E-state index in [0.29, 0.717) is 12.1 Å². The van der Waals surface area contributed by atoms with Crippen LogP contribution in [0.5, 0.6) is 0 Å². The highest BCUT2D eigenvalue weighted by molar-refractivity contribution is 5.90. The smallest absolute Gasteiger partial charge is 0.275 e. The van der Waals surface area contributed by atoms with Crippen molar-refractivity contribution in [2.45, 2.75) is 19.9 Å². The van der Waals surface area contributed by atoms with Crippen LogP contribution in [0.3, 0.4) is 0 Å². The number of anilines is 1. The van der Waals surface area contributed by atoms with Gasteiger partial charge in [-0.25, -0.2) is 0 Å². The molecule has 0 atom stereocenters. The van der Waals surface area contributed by atoms with Crippen molar-refractivity contribution in [2.24, 2.45) is 0 Å². The first-order valence-corrected chi connectivity index (χ1v) is 8.58. The molecule has 0 aliphatic rings. The second-order valence-corrected chi connectivity index (χ2v) is 6.37. The minimum Gasteiger partial charge on any atom is -0.326 e. The number of hydrogen-bond donors (Lipinski definition) is 1. The molecule has 0 spiro atoms. The van der Waals surface area contributed by atoms with E-state index < -0.39 is 0 Å². The maximum absolute atomic E-state index is 12.8. The lowest BCUT2D eigenvalue weighted by atomic mass is 10.2. The highest BCUT2D eigenvalue weighted by atomic mass is 16.2. The van der Waals surface area contributed by atoms with Gasteiger partial charge in [0.25, 0.3) is 5.56 Å². The third-order valence-electron chi connectivity index (χ3n) is 4.54. The molecule has 130 valence electrons. The Morgan fingerprint density at radius 3 is 2.38 bits per heavy atom. The van der Waals surface area contributed by atoms with E-state index in [9.17, 15) is 9.59 Å². The van der Waals surface area contributed by atoms with Crippen molar-refractivity contribution in [3.05, 3.63) is 82.8 Å². The highest BCUT2D eigenvalue weighted by Crippen LogP contribution is 2.15. The molecular formula is C21H19N3O2. The Morgan fingerprint density at radius 1 is 0.923 bits per heavy atom. The summed E-state index contributed by atoms with van der Waals surface area (Å²) in [6.07, 6.45) is 2.11. The van der Waals surface area contributed by atoms with E-state index in [4.69, 9.17) is 0 Å². The monoisotopic (exact) mass is 345 g/mol. The zero-order valence-electron chi connectivity index (χ0n) is 14.5. The van der Waals surface area contributed by atoms with E-state index in [1.807, 2.05) is 72.1 Å². The summed E-state index contributed by atoms with van der Waals surface area (Å²) >= 11 is 0. The summed E-state index contributed by atoms with van der Waals surface area (Å²) in [4.78, 5) is 25.1. The van der Waals surface area contributed by atoms with Crippen molar-refractivity contribution in [1.82, 2.24) is 8.97 Å². The summed E-state index contributed by atoms with van der Waals surface area (Å²) in [5, 5.41) is 2.88. The van der Waals surface area contributed by atoms with E-state index in [1.165, 1.54) is 0 Å². The average molecular weight is 345 g/mol. The summed E-state index contributed by atoms with van der Waals surface area (Å²) in [6.45, 7) is 2.33. The minimum atomic E-state index is -0.111. The fourth-order valence-electron chi connectivity index (χ4n) is 3.20. The van der Waals surface area contributed by atoms with Gasteiger partial charge in [-0.3, -0.25) is 9.59 Å². The van der Waals surface area contributed by atoms with Crippen LogP contribution in [0.15, 0.2) is 71.7 Å². The average Bonchev–Trinajstić information content (AvgIpc) is 3.14. The lowest BCUT2D eigenvalue weighted by Crippen LogP contribution is -2.25. The van der Waals surface area contributed by atoms with Crippen LogP contribution in [-0.4, -0.2) is 14.9 Å². The first-order valence-electron chi connectivity index (χ1n) is 8.58. The van der Waals surface area contributed by atoms with E-state index in [0.717, 1.165) is 22.3 Å². The molecule has 0 fully saturated rings. The molecule has 26 heavy (non-hydrogen) atoms. The molecule has 2 heterocycles. The van der Waals surface area contributed by atoms with Crippen LogP contribution in [0, 0.1) is 6.92 Å². The van der Waals surface area contributed by atoms with Gasteiger partial charge in [-0.05, 0) is 43.3 Å². The van der Waals surface area contributed by atoms with Crippen molar-refractivity contribution in [1.29, 1.82) is 0 Å². The van der Waals surface area contributed by atoms with E-state index in [2.05, 4.69) is 5.32 Å². The van der Waals surface area contributed by atoms with Gasteiger partial charge < -0.3 is 14.3 Å². The lowest BCUT2D eigenvalue weighted by Gasteiger charge is -2.12. The fourth-order valence-corrected chi connectivity index (χ4v) is 3.20. The van der Waals surface area contributed by atoms with Gasteiger partial charge in [-0.15, -0.1) is 0 Å². The molecule has 1 N–H and O–H groups in total. The maximum atomic E-state index is 12.8. The van der Waals surface area contributed by atoms with Gasteiger partial charge >= 0.3 is 0 Å². The first-order chi connectivity index (χ1) is 12.6. The fraction of sp³-hybridized carbons (Fsp3) is 0.143. The van der Waals surface area contributed by atoms with Crippen molar-refractivity contribution in [3.63, 3.8) is 0 Å². The Bertz CT molecular complexity index is 1150. The van der Waals surface area contributed by atoms with E-state index in [1.54, 1.807) is 10.6 Å². The molecular weight excluding hydrogens is 326 g/mol. The number of amides is 1. The number of nitrogens with one attached hydrogen (secondary N) is 1. The third kappa shape index (κ3) is 2.88. The molecule has 0 aliphatic carbocycles. The van der Waals surface area contributed by atoms with Gasteiger partial charge in [0.05, 0.1) is 11.0 Å². The van der Waals surface area contributed by atoms with Gasteiger partial charge in [-0.2, -0.15) is 0 Å². The van der Waals surface area contributed by atoms with Crippen molar-refractivity contribution >= 4 is 28.1 Å². The normalized spacial score (nSPS) is 11.1. The Kier molecular flexibility index (Phi) is 4.05.